The van der Waals surface area contributed by atoms with E-state index in [2.05, 4.69) is 25.3 Å². The molecular weight excluding hydrogens is 326 g/mol. The van der Waals surface area contributed by atoms with Crippen LogP contribution in [-0.2, 0) is 0 Å². The Balaban J connectivity index is 1.61. The molecule has 6 rings (SSSR count). The van der Waals surface area contributed by atoms with Crippen LogP contribution in [-0.4, -0.2) is 57.7 Å². The van der Waals surface area contributed by atoms with Gasteiger partial charge in [0, 0.05) is 29.3 Å². The van der Waals surface area contributed by atoms with Crippen molar-refractivity contribution in [2.75, 3.05) is 13.1 Å². The number of aliphatic hydroxyl groups is 3. The molecule has 0 aromatic rings. The molecule has 1 saturated heterocycles. The summed E-state index contributed by atoms with van der Waals surface area (Å²) in [7, 11) is 0. The highest BCUT2D eigenvalue weighted by atomic mass is 16.3. The molecule has 0 aromatic heterocycles. The third-order valence-corrected chi connectivity index (χ3v) is 10.6. The largest absolute Gasteiger partial charge is 0.392 e. The molecule has 26 heavy (non-hydrogen) atoms. The Bertz CT molecular complexity index is 695. The third-order valence-electron chi connectivity index (χ3n) is 10.6. The Morgan fingerprint density at radius 1 is 1.19 bits per heavy atom. The van der Waals surface area contributed by atoms with Crippen molar-refractivity contribution >= 4 is 0 Å². The van der Waals surface area contributed by atoms with Gasteiger partial charge in [0.2, 0.25) is 0 Å². The van der Waals surface area contributed by atoms with Crippen LogP contribution in [0.5, 0.6) is 0 Å². The topological polar surface area (TPSA) is 63.9 Å². The standard InChI is InChI=1S/C22H33NO3/c1-4-23-10-20(3)6-5-17(25)22-15(20)7-13(18(22)23)21-9-12(11(2)19(21)26)14(24)8-16(21)22/h12-19,24-26H,2,4-10H2,1,3H3/t12?,13?,14?,15?,16?,17?,18?,19?,20-,21-,22-/m0/s1. The average molecular weight is 360 g/mol. The maximum Gasteiger partial charge on any atom is 0.0813 e. The quantitative estimate of drug-likeness (QED) is 0.625. The molecule has 6 aliphatic rings. The van der Waals surface area contributed by atoms with E-state index in [0.717, 1.165) is 50.8 Å². The van der Waals surface area contributed by atoms with Crippen LogP contribution in [0, 0.1) is 39.9 Å². The first-order valence-corrected chi connectivity index (χ1v) is 10.8. The van der Waals surface area contributed by atoms with Crippen molar-refractivity contribution in [3.63, 3.8) is 0 Å². The van der Waals surface area contributed by atoms with Crippen molar-refractivity contribution < 1.29 is 15.3 Å². The minimum absolute atomic E-state index is 0.0547. The predicted octanol–water partition coefficient (Wildman–Crippen LogP) is 1.79. The van der Waals surface area contributed by atoms with Gasteiger partial charge in [0.1, 0.15) is 0 Å². The van der Waals surface area contributed by atoms with E-state index < -0.39 is 12.2 Å². The molecule has 8 unspecified atom stereocenters. The highest BCUT2D eigenvalue weighted by Gasteiger charge is 2.85. The van der Waals surface area contributed by atoms with E-state index in [9.17, 15) is 15.3 Å². The van der Waals surface area contributed by atoms with Crippen molar-refractivity contribution in [3.05, 3.63) is 12.2 Å². The van der Waals surface area contributed by atoms with Gasteiger partial charge in [0.15, 0.2) is 0 Å². The number of hydrogen-bond donors (Lipinski definition) is 3. The van der Waals surface area contributed by atoms with Gasteiger partial charge < -0.3 is 15.3 Å². The normalized spacial score (nSPS) is 65.5. The van der Waals surface area contributed by atoms with Gasteiger partial charge in [-0.2, -0.15) is 0 Å². The van der Waals surface area contributed by atoms with Gasteiger partial charge in [0.25, 0.3) is 0 Å². The third kappa shape index (κ3) is 1.37. The minimum atomic E-state index is -0.500. The molecule has 5 saturated carbocycles. The number of nitrogens with zero attached hydrogens (tertiary/aromatic N) is 1. The monoisotopic (exact) mass is 359 g/mol. The van der Waals surface area contributed by atoms with Crippen molar-refractivity contribution in [2.45, 2.75) is 70.3 Å². The maximum atomic E-state index is 11.5. The smallest absolute Gasteiger partial charge is 0.0813 e. The van der Waals surface area contributed by atoms with Crippen molar-refractivity contribution in [1.82, 2.24) is 4.90 Å². The molecule has 0 amide bonds. The van der Waals surface area contributed by atoms with Gasteiger partial charge in [0.05, 0.1) is 18.3 Å². The molecule has 5 aliphatic carbocycles. The molecule has 3 N–H and O–H groups in total. The maximum absolute atomic E-state index is 11.5. The molecule has 0 radical (unpaired) electrons. The van der Waals surface area contributed by atoms with Gasteiger partial charge >= 0.3 is 0 Å². The van der Waals surface area contributed by atoms with Gasteiger partial charge in [-0.05, 0) is 67.4 Å². The molecule has 1 heterocycles. The molecular formula is C22H33NO3. The van der Waals surface area contributed by atoms with Gasteiger partial charge in [-0.25, -0.2) is 0 Å². The summed E-state index contributed by atoms with van der Waals surface area (Å²) in [5.41, 5.74) is 0.849. The molecule has 144 valence electrons. The molecule has 11 atom stereocenters. The summed E-state index contributed by atoms with van der Waals surface area (Å²) in [6.45, 7) is 11.1. The minimum Gasteiger partial charge on any atom is -0.392 e. The number of likely N-dealkylation sites (tertiary alicyclic amines) is 1. The van der Waals surface area contributed by atoms with E-state index in [1.807, 2.05) is 0 Å². The van der Waals surface area contributed by atoms with Crippen LogP contribution in [0.4, 0.5) is 0 Å². The molecule has 7 bridgehead atoms. The Kier molecular flexibility index (Phi) is 2.92. The van der Waals surface area contributed by atoms with Crippen LogP contribution >= 0.6 is 0 Å². The summed E-state index contributed by atoms with van der Waals surface area (Å²) < 4.78 is 0. The van der Waals surface area contributed by atoms with Crippen molar-refractivity contribution in [2.24, 2.45) is 39.9 Å². The van der Waals surface area contributed by atoms with E-state index in [0.29, 0.717) is 17.9 Å². The first-order valence-electron chi connectivity index (χ1n) is 10.8. The van der Waals surface area contributed by atoms with E-state index in [1.54, 1.807) is 0 Å². The zero-order chi connectivity index (χ0) is 18.2. The van der Waals surface area contributed by atoms with E-state index in [-0.39, 0.29) is 34.2 Å². The summed E-state index contributed by atoms with van der Waals surface area (Å²) in [6.07, 6.45) is 3.58. The average Bonchev–Trinajstić information content (AvgIpc) is 3.14. The molecule has 4 heteroatoms. The summed E-state index contributed by atoms with van der Waals surface area (Å²) in [4.78, 5) is 2.65. The summed E-state index contributed by atoms with van der Waals surface area (Å²) in [5.74, 6) is 1.26. The van der Waals surface area contributed by atoms with E-state index in [4.69, 9.17) is 0 Å². The Morgan fingerprint density at radius 2 is 1.96 bits per heavy atom. The highest BCUT2D eigenvalue weighted by Crippen LogP contribution is 2.83. The van der Waals surface area contributed by atoms with Gasteiger partial charge in [-0.15, -0.1) is 0 Å². The number of rotatable bonds is 1. The van der Waals surface area contributed by atoms with Gasteiger partial charge in [-0.1, -0.05) is 20.4 Å². The van der Waals surface area contributed by atoms with Crippen molar-refractivity contribution in [1.29, 1.82) is 0 Å². The fourth-order valence-electron chi connectivity index (χ4n) is 9.97. The van der Waals surface area contributed by atoms with Crippen LogP contribution in [0.15, 0.2) is 12.2 Å². The first-order chi connectivity index (χ1) is 12.3. The lowest BCUT2D eigenvalue weighted by molar-refractivity contribution is -0.218. The second-order valence-corrected chi connectivity index (χ2v) is 10.9. The summed E-state index contributed by atoms with van der Waals surface area (Å²) in [6, 6.07) is 0.373. The Labute approximate surface area is 156 Å². The number of aliphatic hydroxyl groups excluding tert-OH is 3. The van der Waals surface area contributed by atoms with Gasteiger partial charge in [-0.3, -0.25) is 4.90 Å². The lowest BCUT2D eigenvalue weighted by Crippen LogP contribution is -2.68. The fourth-order valence-corrected chi connectivity index (χ4v) is 9.97. The lowest BCUT2D eigenvalue weighted by Gasteiger charge is -2.65. The van der Waals surface area contributed by atoms with Crippen LogP contribution in [0.25, 0.3) is 0 Å². The van der Waals surface area contributed by atoms with E-state index in [1.165, 1.54) is 0 Å². The zero-order valence-corrected chi connectivity index (χ0v) is 16.1. The summed E-state index contributed by atoms with van der Waals surface area (Å²) in [5, 5.41) is 33.8. The molecule has 2 spiro atoms. The second-order valence-electron chi connectivity index (χ2n) is 10.9. The van der Waals surface area contributed by atoms with Crippen LogP contribution in [0.1, 0.15) is 46.0 Å². The highest BCUT2D eigenvalue weighted by molar-refractivity contribution is 5.39. The number of piperidine rings is 1. The predicted molar refractivity (Wildman–Crippen MR) is 98.2 cm³/mol. The summed E-state index contributed by atoms with van der Waals surface area (Å²) >= 11 is 0. The zero-order valence-electron chi connectivity index (χ0n) is 16.1. The Morgan fingerprint density at radius 3 is 2.69 bits per heavy atom. The number of fused-ring (bicyclic) bond motifs is 1. The Hall–Kier alpha value is -0.420. The molecule has 6 fully saturated rings. The fraction of sp³-hybridized carbons (Fsp3) is 0.909. The van der Waals surface area contributed by atoms with Crippen LogP contribution in [0.3, 0.4) is 0 Å². The second kappa shape index (κ2) is 4.59. The van der Waals surface area contributed by atoms with Crippen LogP contribution in [0.2, 0.25) is 0 Å². The number of hydrogen-bond acceptors (Lipinski definition) is 4. The molecule has 0 aromatic carbocycles. The van der Waals surface area contributed by atoms with Crippen LogP contribution < -0.4 is 0 Å². The van der Waals surface area contributed by atoms with Crippen molar-refractivity contribution in [3.8, 4) is 0 Å². The molecule has 4 nitrogen and oxygen atoms in total. The SMILES string of the molecule is C=C1C2C[C@]3(C1O)C1CC4[C@@]5(C)CCC(O)[C@@]4(C1N(CC)C5)C3CC2O. The molecule has 1 aliphatic heterocycles. The first kappa shape index (κ1) is 16.5. The van der Waals surface area contributed by atoms with E-state index >= 15 is 0 Å². The lowest BCUT2D eigenvalue weighted by atomic mass is 9.43.